The van der Waals surface area contributed by atoms with Gasteiger partial charge < -0.3 is 13.9 Å². The van der Waals surface area contributed by atoms with Crippen molar-refractivity contribution in [3.8, 4) is 16.9 Å². The van der Waals surface area contributed by atoms with Crippen molar-refractivity contribution in [2.75, 3.05) is 6.61 Å². The van der Waals surface area contributed by atoms with Crippen LogP contribution in [0, 0.1) is 5.92 Å². The third-order valence-electron chi connectivity index (χ3n) is 5.31. The van der Waals surface area contributed by atoms with Crippen LogP contribution >= 0.6 is 0 Å². The van der Waals surface area contributed by atoms with Gasteiger partial charge in [0.1, 0.15) is 5.75 Å². The number of ether oxygens (including phenoxy) is 1. The van der Waals surface area contributed by atoms with Gasteiger partial charge in [0.25, 0.3) is 5.56 Å². The summed E-state index contributed by atoms with van der Waals surface area (Å²) in [5.41, 5.74) is 2.79. The lowest BCUT2D eigenvalue weighted by Crippen LogP contribution is -2.16. The average molecular weight is 380 g/mol. The van der Waals surface area contributed by atoms with Gasteiger partial charge in [-0.05, 0) is 36.3 Å². The normalized spacial score (nSPS) is 18.7. The number of nitrogens with zero attached hydrogens (tertiary/aromatic N) is 1. The Kier molecular flexibility index (Phi) is 4.00. The molecule has 1 atom stereocenters. The zero-order valence-electron chi connectivity index (χ0n) is 15.0. The number of aryl methyl sites for hydroxylation is 1. The largest absolute Gasteiger partial charge is 0.593 e. The maximum atomic E-state index is 12.5. The summed E-state index contributed by atoms with van der Waals surface area (Å²) >= 11 is -1.21. The predicted octanol–water partition coefficient (Wildman–Crippen LogP) is 3.12. The molecule has 1 unspecified atom stereocenters. The van der Waals surface area contributed by atoms with Gasteiger partial charge in [0.05, 0.1) is 24.5 Å². The van der Waals surface area contributed by atoms with Crippen molar-refractivity contribution in [2.45, 2.75) is 24.3 Å². The first-order valence-corrected chi connectivity index (χ1v) is 10.3. The van der Waals surface area contributed by atoms with Crippen LogP contribution in [0.25, 0.3) is 21.9 Å². The Balaban J connectivity index is 1.74. The molecule has 1 fully saturated rings. The molecule has 27 heavy (non-hydrogen) atoms. The molecule has 1 aromatic heterocycles. The number of hydrogen-bond acceptors (Lipinski definition) is 4. The van der Waals surface area contributed by atoms with Crippen LogP contribution in [-0.4, -0.2) is 15.7 Å². The average Bonchev–Trinajstić information content (AvgIpc) is 3.45. The monoisotopic (exact) mass is 380 g/mol. The summed E-state index contributed by atoms with van der Waals surface area (Å²) in [5.74, 6) is 1.43. The lowest BCUT2D eigenvalue weighted by molar-refractivity contribution is 0.300. The van der Waals surface area contributed by atoms with Gasteiger partial charge in [-0.1, -0.05) is 18.2 Å². The summed E-state index contributed by atoms with van der Waals surface area (Å²) in [5, 5.41) is 1.55. The Morgan fingerprint density at radius 1 is 1.22 bits per heavy atom. The highest BCUT2D eigenvalue weighted by Crippen LogP contribution is 2.40. The van der Waals surface area contributed by atoms with Crippen molar-refractivity contribution < 1.29 is 9.29 Å². The minimum absolute atomic E-state index is 0.0267. The van der Waals surface area contributed by atoms with Crippen LogP contribution in [0.3, 0.4) is 0 Å². The van der Waals surface area contributed by atoms with Crippen LogP contribution in [-0.2, 0) is 25.0 Å². The summed E-state index contributed by atoms with van der Waals surface area (Å²) in [4.78, 5) is 13.3. The van der Waals surface area contributed by atoms with Crippen molar-refractivity contribution in [3.05, 3.63) is 58.5 Å². The number of nitrogens with one attached hydrogen (secondary N) is 1. The molecule has 0 bridgehead atoms. The molecule has 1 aliphatic carbocycles. The molecule has 2 aliphatic rings. The second-order valence-electron chi connectivity index (χ2n) is 7.30. The molecule has 5 rings (SSSR count). The quantitative estimate of drug-likeness (QED) is 0.706. The van der Waals surface area contributed by atoms with E-state index in [-0.39, 0.29) is 5.56 Å². The SMILES string of the molecule is Cn1cc(-c2cc3c(cc2OCC2CC2)CN[S+]3[O-])c2ccccc2c1=O. The Bertz CT molecular complexity index is 1100. The fraction of sp³-hybridized carbons (Fsp3) is 0.286. The highest BCUT2D eigenvalue weighted by molar-refractivity contribution is 7.89. The van der Waals surface area contributed by atoms with Crippen LogP contribution < -0.4 is 15.0 Å². The molecule has 1 N–H and O–H groups in total. The summed E-state index contributed by atoms with van der Waals surface area (Å²) in [6, 6.07) is 11.6. The van der Waals surface area contributed by atoms with E-state index < -0.39 is 11.4 Å². The van der Waals surface area contributed by atoms with E-state index in [1.54, 1.807) is 11.6 Å². The molecular formula is C21H20N2O3S. The van der Waals surface area contributed by atoms with Crippen LogP contribution in [0.1, 0.15) is 18.4 Å². The van der Waals surface area contributed by atoms with Crippen molar-refractivity contribution >= 4 is 22.1 Å². The number of pyridine rings is 1. The first kappa shape index (κ1) is 16.9. The molecule has 1 saturated carbocycles. The smallest absolute Gasteiger partial charge is 0.258 e. The van der Waals surface area contributed by atoms with Crippen LogP contribution in [0.15, 0.2) is 52.3 Å². The van der Waals surface area contributed by atoms with E-state index in [0.29, 0.717) is 24.5 Å². The van der Waals surface area contributed by atoms with Gasteiger partial charge in [0, 0.05) is 41.4 Å². The van der Waals surface area contributed by atoms with E-state index in [1.807, 2.05) is 42.6 Å². The van der Waals surface area contributed by atoms with Gasteiger partial charge in [-0.25, -0.2) is 0 Å². The molecule has 0 saturated heterocycles. The molecule has 6 heteroatoms. The molecule has 2 aromatic carbocycles. The summed E-state index contributed by atoms with van der Waals surface area (Å²) in [7, 11) is 1.76. The number of aromatic nitrogens is 1. The van der Waals surface area contributed by atoms with Crippen molar-refractivity contribution in [2.24, 2.45) is 13.0 Å². The Morgan fingerprint density at radius 2 is 2.00 bits per heavy atom. The maximum absolute atomic E-state index is 12.5. The molecule has 1 aliphatic heterocycles. The van der Waals surface area contributed by atoms with Crippen molar-refractivity contribution in [1.82, 2.24) is 9.29 Å². The van der Waals surface area contributed by atoms with Gasteiger partial charge in [0.2, 0.25) is 0 Å². The minimum atomic E-state index is -1.21. The predicted molar refractivity (Wildman–Crippen MR) is 106 cm³/mol. The van der Waals surface area contributed by atoms with E-state index in [0.717, 1.165) is 32.7 Å². The van der Waals surface area contributed by atoms with E-state index >= 15 is 0 Å². The second-order valence-corrected chi connectivity index (χ2v) is 8.57. The fourth-order valence-corrected chi connectivity index (χ4v) is 4.62. The van der Waals surface area contributed by atoms with Gasteiger partial charge in [0.15, 0.2) is 4.90 Å². The third-order valence-corrected chi connectivity index (χ3v) is 6.49. The maximum Gasteiger partial charge on any atom is 0.258 e. The zero-order valence-corrected chi connectivity index (χ0v) is 15.8. The minimum Gasteiger partial charge on any atom is -0.593 e. The first-order chi connectivity index (χ1) is 13.1. The second kappa shape index (κ2) is 6.41. The van der Waals surface area contributed by atoms with Crippen LogP contribution in [0.5, 0.6) is 5.75 Å². The van der Waals surface area contributed by atoms with Gasteiger partial charge in [-0.2, -0.15) is 0 Å². The van der Waals surface area contributed by atoms with E-state index in [1.165, 1.54) is 12.8 Å². The Morgan fingerprint density at radius 3 is 2.78 bits per heavy atom. The number of fused-ring (bicyclic) bond motifs is 2. The van der Waals surface area contributed by atoms with Crippen molar-refractivity contribution in [3.63, 3.8) is 0 Å². The standard InChI is InChI=1S/C21H20N2O3S/c1-23-11-18(15-4-2-3-5-16(15)21(23)24)17-9-20-14(10-22-27(20)25)8-19(17)26-12-13-6-7-13/h2-5,8-9,11,13,22H,6-7,10,12H2,1H3. The first-order valence-electron chi connectivity index (χ1n) is 9.15. The van der Waals surface area contributed by atoms with E-state index in [9.17, 15) is 9.35 Å². The van der Waals surface area contributed by atoms with Crippen molar-refractivity contribution in [1.29, 1.82) is 0 Å². The summed E-state index contributed by atoms with van der Waals surface area (Å²) in [6.07, 6.45) is 4.28. The van der Waals surface area contributed by atoms with Gasteiger partial charge in [-0.3, -0.25) is 4.79 Å². The lowest BCUT2D eigenvalue weighted by Gasteiger charge is -2.16. The molecule has 5 nitrogen and oxygen atoms in total. The topological polar surface area (TPSA) is 66.3 Å². The number of rotatable bonds is 4. The Hall–Kier alpha value is -2.28. The Labute approximate surface area is 160 Å². The fourth-order valence-electron chi connectivity index (χ4n) is 3.59. The highest BCUT2D eigenvalue weighted by Gasteiger charge is 2.29. The lowest BCUT2D eigenvalue weighted by atomic mass is 9.98. The molecular weight excluding hydrogens is 360 g/mol. The van der Waals surface area contributed by atoms with E-state index in [2.05, 4.69) is 4.72 Å². The molecule has 138 valence electrons. The van der Waals surface area contributed by atoms with E-state index in [4.69, 9.17) is 4.74 Å². The molecule has 0 radical (unpaired) electrons. The molecule has 0 amide bonds. The van der Waals surface area contributed by atoms with Crippen LogP contribution in [0.4, 0.5) is 0 Å². The molecule has 2 heterocycles. The third kappa shape index (κ3) is 2.94. The zero-order chi connectivity index (χ0) is 18.5. The summed E-state index contributed by atoms with van der Waals surface area (Å²) in [6.45, 7) is 1.28. The molecule has 3 aromatic rings. The summed E-state index contributed by atoms with van der Waals surface area (Å²) < 4.78 is 23.1. The van der Waals surface area contributed by atoms with Crippen LogP contribution in [0.2, 0.25) is 0 Å². The number of benzene rings is 2. The highest BCUT2D eigenvalue weighted by atomic mass is 32.2. The van der Waals surface area contributed by atoms with Gasteiger partial charge in [-0.15, -0.1) is 4.72 Å². The molecule has 0 spiro atoms. The van der Waals surface area contributed by atoms with Gasteiger partial charge >= 0.3 is 0 Å². The number of hydrogen-bond donors (Lipinski definition) is 1.